The van der Waals surface area contributed by atoms with E-state index in [-0.39, 0.29) is 16.5 Å². The molecule has 1 rings (SSSR count). The van der Waals surface area contributed by atoms with Gasteiger partial charge in [-0.1, -0.05) is 0 Å². The second-order valence-corrected chi connectivity index (χ2v) is 3.17. The molecule has 9 heavy (non-hydrogen) atoms. The summed E-state index contributed by atoms with van der Waals surface area (Å²) < 4.78 is 6.78. The summed E-state index contributed by atoms with van der Waals surface area (Å²) in [7, 11) is 0. The Morgan fingerprint density at radius 1 is 1.22 bits per heavy atom. The monoisotopic (exact) mass is 158 g/mol. The minimum absolute atomic E-state index is 0.0790. The molecule has 2 heteroatoms. The Bertz CT molecular complexity index is 181. The molecule has 0 saturated carbocycles. The van der Waals surface area contributed by atoms with Crippen LogP contribution in [0.25, 0.3) is 0 Å². The summed E-state index contributed by atoms with van der Waals surface area (Å²) in [6.07, 6.45) is 0. The van der Waals surface area contributed by atoms with Crippen molar-refractivity contribution in [3.05, 3.63) is 29.8 Å². The van der Waals surface area contributed by atoms with Gasteiger partial charge in [0.05, 0.1) is 0 Å². The fourth-order valence-electron chi connectivity index (χ4n) is 0.631. The molecule has 0 bridgehead atoms. The summed E-state index contributed by atoms with van der Waals surface area (Å²) >= 11 is -0.0790. The van der Waals surface area contributed by atoms with Crippen LogP contribution in [0.1, 0.15) is 5.56 Å². The van der Waals surface area contributed by atoms with Gasteiger partial charge in [-0.15, -0.1) is 0 Å². The summed E-state index contributed by atoms with van der Waals surface area (Å²) in [4.78, 5) is 0. The molecule has 0 aliphatic rings. The van der Waals surface area contributed by atoms with Crippen molar-refractivity contribution in [3.8, 4) is 0 Å². The summed E-state index contributed by atoms with van der Waals surface area (Å²) in [5.74, 6) is 0. The summed E-state index contributed by atoms with van der Waals surface area (Å²) in [6, 6.07) is 8.38. The Morgan fingerprint density at radius 3 is 2.22 bits per heavy atom. The van der Waals surface area contributed by atoms with E-state index in [1.165, 1.54) is 9.84 Å². The van der Waals surface area contributed by atoms with E-state index in [9.17, 15) is 0 Å². The average molecular weight is 158 g/mol. The van der Waals surface area contributed by atoms with E-state index >= 15 is 0 Å². The first kappa shape index (κ1) is 6.88. The van der Waals surface area contributed by atoms with Crippen LogP contribution in [0.2, 0.25) is 0 Å². The number of aryl methyl sites for hydroxylation is 1. The van der Waals surface area contributed by atoms with Gasteiger partial charge in [-0.2, -0.15) is 0 Å². The van der Waals surface area contributed by atoms with Crippen LogP contribution < -0.4 is 8.86 Å². The second-order valence-electron chi connectivity index (χ2n) is 1.96. The van der Waals surface area contributed by atoms with Gasteiger partial charge in [0.1, 0.15) is 0 Å². The molecule has 1 aromatic carbocycles. The van der Waals surface area contributed by atoms with Crippen LogP contribution in [-0.4, -0.2) is 0 Å². The maximum atomic E-state index is 5.49. The van der Waals surface area contributed by atoms with Crippen molar-refractivity contribution >= 4 is 4.28 Å². The minimum atomic E-state index is -0.0790. The molecule has 0 unspecified atom stereocenters. The van der Waals surface area contributed by atoms with E-state index in [0.717, 1.165) is 0 Å². The van der Waals surface area contributed by atoms with Gasteiger partial charge in [0.15, 0.2) is 0 Å². The predicted molar refractivity (Wildman–Crippen MR) is 35.0 cm³/mol. The molecule has 0 aliphatic heterocycles. The number of nitrogens with two attached hydrogens (primary N) is 1. The van der Waals surface area contributed by atoms with E-state index in [4.69, 9.17) is 4.58 Å². The Morgan fingerprint density at radius 2 is 1.78 bits per heavy atom. The summed E-state index contributed by atoms with van der Waals surface area (Å²) in [5, 5.41) is 0. The van der Waals surface area contributed by atoms with Crippen LogP contribution in [0.4, 0.5) is 0 Å². The fraction of sp³-hybridized carbons (Fsp3) is 0.143. The van der Waals surface area contributed by atoms with Gasteiger partial charge in [-0.25, -0.2) is 0 Å². The Kier molecular flexibility index (Phi) is 2.34. The standard InChI is InChI=1S/C7H7.H2N.V/c1-7-5-3-2-4-6-7;;/h3-6H,1H3;1H2;/q;-1;+1. The zero-order valence-corrected chi connectivity index (χ0v) is 6.73. The van der Waals surface area contributed by atoms with Gasteiger partial charge in [0.25, 0.3) is 0 Å². The molecule has 1 nitrogen and oxygen atoms in total. The molecular weight excluding hydrogens is 149 g/mol. The van der Waals surface area contributed by atoms with Crippen LogP contribution in [0.15, 0.2) is 24.3 Å². The van der Waals surface area contributed by atoms with Gasteiger partial charge in [-0.05, 0) is 0 Å². The van der Waals surface area contributed by atoms with Crippen molar-refractivity contribution < 1.29 is 16.5 Å². The molecule has 0 heterocycles. The predicted octanol–water partition coefficient (Wildman–Crippen LogP) is 0.577. The topological polar surface area (TPSA) is 26.0 Å². The number of benzene rings is 1. The van der Waals surface area contributed by atoms with Crippen molar-refractivity contribution in [1.82, 2.24) is 0 Å². The quantitative estimate of drug-likeness (QED) is 0.635. The number of hydrogen-bond donors (Lipinski definition) is 1. The van der Waals surface area contributed by atoms with Crippen LogP contribution in [-0.2, 0) is 16.5 Å². The van der Waals surface area contributed by atoms with Crippen LogP contribution >= 0.6 is 0 Å². The molecular formula is C7H9NV. The van der Waals surface area contributed by atoms with Crippen LogP contribution in [0.5, 0.6) is 0 Å². The van der Waals surface area contributed by atoms with E-state index in [1.807, 2.05) is 0 Å². The second kappa shape index (κ2) is 3.07. The molecule has 0 spiro atoms. The van der Waals surface area contributed by atoms with Gasteiger partial charge < -0.3 is 0 Å². The molecule has 0 aliphatic carbocycles. The van der Waals surface area contributed by atoms with Crippen LogP contribution in [0, 0.1) is 6.92 Å². The Balaban J connectivity index is 2.88. The molecule has 47 valence electrons. The third-order valence-corrected chi connectivity index (χ3v) is 2.11. The fourth-order valence-corrected chi connectivity index (χ4v) is 1.13. The Hall–Kier alpha value is -0.236. The average Bonchev–Trinajstić information content (AvgIpc) is 1.90. The Labute approximate surface area is 62.6 Å². The third kappa shape index (κ3) is 1.86. The van der Waals surface area contributed by atoms with Gasteiger partial charge in [-0.3, -0.25) is 0 Å². The molecule has 0 fully saturated rings. The molecule has 0 aromatic heterocycles. The van der Waals surface area contributed by atoms with Crippen molar-refractivity contribution in [1.29, 1.82) is 0 Å². The van der Waals surface area contributed by atoms with E-state index < -0.39 is 0 Å². The number of rotatable bonds is 1. The van der Waals surface area contributed by atoms with Crippen molar-refractivity contribution in [2.24, 2.45) is 4.58 Å². The summed E-state index contributed by atoms with van der Waals surface area (Å²) in [5.41, 5.74) is 1.30. The van der Waals surface area contributed by atoms with Gasteiger partial charge >= 0.3 is 62.1 Å². The summed E-state index contributed by atoms with van der Waals surface area (Å²) in [6.45, 7) is 2.08. The molecule has 0 amide bonds. The normalized spacial score (nSPS) is 9.11. The van der Waals surface area contributed by atoms with E-state index in [0.29, 0.717) is 0 Å². The first-order chi connectivity index (χ1) is 4.33. The van der Waals surface area contributed by atoms with E-state index in [1.54, 1.807) is 0 Å². The number of hydrogen-bond acceptors (Lipinski definition) is 1. The van der Waals surface area contributed by atoms with Gasteiger partial charge in [0.2, 0.25) is 0 Å². The van der Waals surface area contributed by atoms with Crippen molar-refractivity contribution in [3.63, 3.8) is 0 Å². The first-order valence-corrected chi connectivity index (χ1v) is 4.31. The third-order valence-electron chi connectivity index (χ3n) is 1.18. The zero-order valence-electron chi connectivity index (χ0n) is 5.33. The molecule has 0 saturated heterocycles. The molecule has 0 atom stereocenters. The van der Waals surface area contributed by atoms with E-state index in [2.05, 4.69) is 31.2 Å². The SMILES string of the molecule is Cc1cc[c]([V][NH2])cc1. The molecule has 2 N–H and O–H groups in total. The zero-order chi connectivity index (χ0) is 6.69. The first-order valence-electron chi connectivity index (χ1n) is 2.80. The maximum absolute atomic E-state index is 5.49. The molecule has 1 aromatic rings. The molecule has 0 radical (unpaired) electrons. The van der Waals surface area contributed by atoms with Crippen LogP contribution in [0.3, 0.4) is 0 Å². The van der Waals surface area contributed by atoms with Gasteiger partial charge in [0, 0.05) is 0 Å². The van der Waals surface area contributed by atoms with Crippen molar-refractivity contribution in [2.75, 3.05) is 0 Å². The van der Waals surface area contributed by atoms with Crippen molar-refractivity contribution in [2.45, 2.75) is 6.92 Å².